The van der Waals surface area contributed by atoms with E-state index in [2.05, 4.69) is 59.2 Å². The van der Waals surface area contributed by atoms with Gasteiger partial charge in [-0.2, -0.15) is 5.10 Å². The number of rotatable bonds is 6. The molecule has 20 heavy (non-hydrogen) atoms. The van der Waals surface area contributed by atoms with Crippen molar-refractivity contribution in [1.29, 1.82) is 0 Å². The van der Waals surface area contributed by atoms with E-state index in [9.17, 15) is 0 Å². The molecule has 3 nitrogen and oxygen atoms in total. The van der Waals surface area contributed by atoms with Gasteiger partial charge in [0.1, 0.15) is 0 Å². The largest absolute Gasteiger partial charge is 0.312 e. The van der Waals surface area contributed by atoms with Crippen molar-refractivity contribution in [1.82, 2.24) is 15.1 Å². The third-order valence-corrected chi connectivity index (χ3v) is 3.70. The molecule has 0 amide bonds. The van der Waals surface area contributed by atoms with Gasteiger partial charge in [0.05, 0.1) is 11.9 Å². The summed E-state index contributed by atoms with van der Waals surface area (Å²) < 4.78 is 3.11. The van der Waals surface area contributed by atoms with Gasteiger partial charge < -0.3 is 5.32 Å². The Hall–Kier alpha value is -1.13. The van der Waals surface area contributed by atoms with Crippen LogP contribution in [0.1, 0.15) is 32.0 Å². The lowest BCUT2D eigenvalue weighted by Crippen LogP contribution is -2.19. The number of benzene rings is 1. The predicted molar refractivity (Wildman–Crippen MR) is 87.2 cm³/mol. The zero-order valence-electron chi connectivity index (χ0n) is 12.4. The summed E-state index contributed by atoms with van der Waals surface area (Å²) in [5.41, 5.74) is 3.67. The van der Waals surface area contributed by atoms with Crippen LogP contribution in [0.4, 0.5) is 0 Å². The first-order valence-corrected chi connectivity index (χ1v) is 7.93. The maximum absolute atomic E-state index is 4.55. The van der Waals surface area contributed by atoms with E-state index >= 15 is 0 Å². The van der Waals surface area contributed by atoms with E-state index in [0.29, 0.717) is 5.92 Å². The minimum Gasteiger partial charge on any atom is -0.312 e. The monoisotopic (exact) mass is 335 g/mol. The zero-order chi connectivity index (χ0) is 14.5. The van der Waals surface area contributed by atoms with Crippen LogP contribution in [-0.2, 0) is 13.0 Å². The highest BCUT2D eigenvalue weighted by atomic mass is 79.9. The van der Waals surface area contributed by atoms with Crippen molar-refractivity contribution in [2.75, 3.05) is 6.54 Å². The molecule has 0 radical (unpaired) electrons. The standard InChI is InChI=1S/C16H22BrN3/c1-4-16-13(10-18-9-12(2)3)11-19-20(16)15-7-5-6-14(17)8-15/h5-8,11-12,18H,4,9-10H2,1-3H3. The summed E-state index contributed by atoms with van der Waals surface area (Å²) >= 11 is 3.52. The minimum absolute atomic E-state index is 0.667. The van der Waals surface area contributed by atoms with Gasteiger partial charge in [-0.25, -0.2) is 4.68 Å². The molecule has 0 aliphatic heterocycles. The van der Waals surface area contributed by atoms with Crippen molar-refractivity contribution < 1.29 is 0 Å². The van der Waals surface area contributed by atoms with E-state index in [1.54, 1.807) is 0 Å². The highest BCUT2D eigenvalue weighted by molar-refractivity contribution is 9.10. The third kappa shape index (κ3) is 3.70. The van der Waals surface area contributed by atoms with Crippen molar-refractivity contribution in [3.63, 3.8) is 0 Å². The molecule has 0 spiro atoms. The van der Waals surface area contributed by atoms with Gasteiger partial charge in [0.25, 0.3) is 0 Å². The van der Waals surface area contributed by atoms with Gasteiger partial charge in [0.15, 0.2) is 0 Å². The fraction of sp³-hybridized carbons (Fsp3) is 0.438. The molecule has 0 aliphatic rings. The van der Waals surface area contributed by atoms with Crippen LogP contribution in [0.3, 0.4) is 0 Å². The van der Waals surface area contributed by atoms with Gasteiger partial charge in [0, 0.05) is 22.3 Å². The molecule has 2 rings (SSSR count). The first kappa shape index (κ1) is 15.3. The van der Waals surface area contributed by atoms with Crippen LogP contribution in [-0.4, -0.2) is 16.3 Å². The van der Waals surface area contributed by atoms with E-state index in [1.165, 1.54) is 11.3 Å². The Bertz CT molecular complexity index is 561. The van der Waals surface area contributed by atoms with E-state index in [-0.39, 0.29) is 0 Å². The van der Waals surface area contributed by atoms with E-state index < -0.39 is 0 Å². The summed E-state index contributed by atoms with van der Waals surface area (Å²) in [6.45, 7) is 8.54. The van der Waals surface area contributed by atoms with Gasteiger partial charge in [-0.3, -0.25) is 0 Å². The summed E-state index contributed by atoms with van der Waals surface area (Å²) in [5, 5.41) is 8.04. The average Bonchev–Trinajstić information content (AvgIpc) is 2.81. The van der Waals surface area contributed by atoms with Gasteiger partial charge >= 0.3 is 0 Å². The lowest BCUT2D eigenvalue weighted by molar-refractivity contribution is 0.551. The highest BCUT2D eigenvalue weighted by Crippen LogP contribution is 2.19. The van der Waals surface area contributed by atoms with Crippen molar-refractivity contribution in [3.05, 3.63) is 46.2 Å². The summed E-state index contributed by atoms with van der Waals surface area (Å²) in [7, 11) is 0. The minimum atomic E-state index is 0.667. The Morgan fingerprint density at radius 3 is 2.80 bits per heavy atom. The second-order valence-electron chi connectivity index (χ2n) is 5.39. The maximum atomic E-state index is 4.55. The van der Waals surface area contributed by atoms with Gasteiger partial charge in [-0.1, -0.05) is 42.8 Å². The molecule has 1 aromatic carbocycles. The van der Waals surface area contributed by atoms with Crippen LogP contribution in [0.5, 0.6) is 0 Å². The smallest absolute Gasteiger partial charge is 0.0660 e. The topological polar surface area (TPSA) is 29.9 Å². The number of hydrogen-bond acceptors (Lipinski definition) is 2. The highest BCUT2D eigenvalue weighted by Gasteiger charge is 2.10. The molecule has 0 aliphatic carbocycles. The second kappa shape index (κ2) is 7.04. The van der Waals surface area contributed by atoms with Crippen molar-refractivity contribution in [2.45, 2.75) is 33.7 Å². The number of nitrogens with one attached hydrogen (secondary N) is 1. The first-order chi connectivity index (χ1) is 9.61. The van der Waals surface area contributed by atoms with Crippen LogP contribution < -0.4 is 5.32 Å². The van der Waals surface area contributed by atoms with E-state index in [4.69, 9.17) is 0 Å². The zero-order valence-corrected chi connectivity index (χ0v) is 13.9. The summed E-state index contributed by atoms with van der Waals surface area (Å²) in [5.74, 6) is 0.667. The SMILES string of the molecule is CCc1c(CNCC(C)C)cnn1-c1cccc(Br)c1. The maximum Gasteiger partial charge on any atom is 0.0660 e. The Balaban J connectivity index is 2.21. The van der Waals surface area contributed by atoms with Crippen LogP contribution in [0.15, 0.2) is 34.9 Å². The Morgan fingerprint density at radius 2 is 2.15 bits per heavy atom. The van der Waals surface area contributed by atoms with Crippen molar-refractivity contribution >= 4 is 15.9 Å². The lowest BCUT2D eigenvalue weighted by atomic mass is 10.2. The molecule has 0 atom stereocenters. The average molecular weight is 336 g/mol. The fourth-order valence-corrected chi connectivity index (χ4v) is 2.65. The Kier molecular flexibility index (Phi) is 5.38. The quantitative estimate of drug-likeness (QED) is 0.866. The molecular formula is C16H22BrN3. The summed E-state index contributed by atoms with van der Waals surface area (Å²) in [6.07, 6.45) is 2.96. The van der Waals surface area contributed by atoms with Crippen LogP contribution in [0.25, 0.3) is 5.69 Å². The molecule has 0 bridgehead atoms. The third-order valence-electron chi connectivity index (χ3n) is 3.21. The molecule has 1 N–H and O–H groups in total. The number of hydrogen-bond donors (Lipinski definition) is 1. The predicted octanol–water partition coefficient (Wildman–Crippen LogP) is 3.94. The molecular weight excluding hydrogens is 314 g/mol. The second-order valence-corrected chi connectivity index (χ2v) is 6.30. The first-order valence-electron chi connectivity index (χ1n) is 7.14. The number of halogens is 1. The van der Waals surface area contributed by atoms with E-state index in [0.717, 1.165) is 29.7 Å². The molecule has 2 aromatic rings. The van der Waals surface area contributed by atoms with Crippen LogP contribution >= 0.6 is 15.9 Å². The van der Waals surface area contributed by atoms with Gasteiger partial charge in [-0.05, 0) is 37.1 Å². The lowest BCUT2D eigenvalue weighted by Gasteiger charge is -2.10. The van der Waals surface area contributed by atoms with Gasteiger partial charge in [-0.15, -0.1) is 0 Å². The van der Waals surface area contributed by atoms with Crippen molar-refractivity contribution in [3.8, 4) is 5.69 Å². The number of aromatic nitrogens is 2. The number of nitrogens with zero attached hydrogens (tertiary/aromatic N) is 2. The molecule has 0 saturated carbocycles. The molecule has 0 saturated heterocycles. The fourth-order valence-electron chi connectivity index (χ4n) is 2.26. The molecule has 1 aromatic heterocycles. The Labute approximate surface area is 129 Å². The van der Waals surface area contributed by atoms with Crippen molar-refractivity contribution in [2.24, 2.45) is 5.92 Å². The molecule has 1 heterocycles. The molecule has 0 unspecified atom stereocenters. The Morgan fingerprint density at radius 1 is 1.35 bits per heavy atom. The summed E-state index contributed by atoms with van der Waals surface area (Å²) in [6, 6.07) is 8.25. The molecule has 108 valence electrons. The normalized spacial score (nSPS) is 11.2. The van der Waals surface area contributed by atoms with Gasteiger partial charge in [0.2, 0.25) is 0 Å². The summed E-state index contributed by atoms with van der Waals surface area (Å²) in [4.78, 5) is 0. The molecule has 0 fully saturated rings. The van der Waals surface area contributed by atoms with E-state index in [1.807, 2.05) is 23.0 Å². The molecule has 4 heteroatoms. The van der Waals surface area contributed by atoms with Crippen LogP contribution in [0.2, 0.25) is 0 Å². The van der Waals surface area contributed by atoms with Crippen LogP contribution in [0, 0.1) is 5.92 Å².